The zero-order valence-electron chi connectivity index (χ0n) is 8.51. The summed E-state index contributed by atoms with van der Waals surface area (Å²) in [4.78, 5) is 2.46. The highest BCUT2D eigenvalue weighted by Crippen LogP contribution is 2.21. The van der Waals surface area contributed by atoms with Gasteiger partial charge in [0, 0.05) is 25.1 Å². The van der Waals surface area contributed by atoms with E-state index in [4.69, 9.17) is 5.11 Å². The van der Waals surface area contributed by atoms with E-state index < -0.39 is 0 Å². The molecule has 0 aromatic rings. The minimum atomic E-state index is 0.0735. The Balaban J connectivity index is 2.32. The summed E-state index contributed by atoms with van der Waals surface area (Å²) < 4.78 is 0. The lowest BCUT2D eigenvalue weighted by Crippen LogP contribution is -2.34. The zero-order valence-corrected chi connectivity index (χ0v) is 8.51. The van der Waals surface area contributed by atoms with Crippen LogP contribution in [0.1, 0.15) is 27.2 Å². The molecular formula is C10H21NO. The molecule has 1 atom stereocenters. The number of rotatable bonds is 3. The Bertz CT molecular complexity index is 145. The lowest BCUT2D eigenvalue weighted by molar-refractivity contribution is 0.113. The van der Waals surface area contributed by atoms with Crippen LogP contribution in [0.25, 0.3) is 0 Å². The van der Waals surface area contributed by atoms with Crippen LogP contribution in [0.3, 0.4) is 0 Å². The summed E-state index contributed by atoms with van der Waals surface area (Å²) in [5.74, 6) is 0.847. The van der Waals surface area contributed by atoms with Crippen molar-refractivity contribution in [3.8, 4) is 0 Å². The summed E-state index contributed by atoms with van der Waals surface area (Å²) in [5, 5.41) is 9.09. The molecule has 1 unspecified atom stereocenters. The monoisotopic (exact) mass is 171 g/mol. The maximum Gasteiger partial charge on any atom is 0.0494 e. The van der Waals surface area contributed by atoms with Gasteiger partial charge in [-0.3, -0.25) is 0 Å². The van der Waals surface area contributed by atoms with Crippen molar-refractivity contribution < 1.29 is 5.11 Å². The van der Waals surface area contributed by atoms with Crippen molar-refractivity contribution >= 4 is 0 Å². The summed E-state index contributed by atoms with van der Waals surface area (Å²) in [6.45, 7) is 10.3. The second-order valence-electron chi connectivity index (χ2n) is 4.95. The third-order valence-electron chi connectivity index (χ3n) is 2.59. The van der Waals surface area contributed by atoms with Gasteiger partial charge in [-0.05, 0) is 18.9 Å². The van der Waals surface area contributed by atoms with Gasteiger partial charge in [-0.25, -0.2) is 0 Å². The molecule has 0 bridgehead atoms. The normalized spacial score (nSPS) is 26.5. The first-order chi connectivity index (χ1) is 5.53. The summed E-state index contributed by atoms with van der Waals surface area (Å²) >= 11 is 0. The highest BCUT2D eigenvalue weighted by Gasteiger charge is 2.25. The molecule has 1 rings (SSSR count). The summed E-state index contributed by atoms with van der Waals surface area (Å²) in [5.41, 5.74) is 0.0735. The Morgan fingerprint density at radius 1 is 1.50 bits per heavy atom. The molecular weight excluding hydrogens is 150 g/mol. The first-order valence-electron chi connectivity index (χ1n) is 4.87. The molecule has 2 heteroatoms. The van der Waals surface area contributed by atoms with Crippen LogP contribution in [0.5, 0.6) is 0 Å². The van der Waals surface area contributed by atoms with Crippen molar-refractivity contribution in [1.29, 1.82) is 0 Å². The molecule has 1 fully saturated rings. The van der Waals surface area contributed by atoms with Gasteiger partial charge in [0.25, 0.3) is 0 Å². The van der Waals surface area contributed by atoms with Gasteiger partial charge < -0.3 is 10.0 Å². The molecule has 1 N–H and O–H groups in total. The van der Waals surface area contributed by atoms with Crippen LogP contribution in [-0.4, -0.2) is 36.2 Å². The first kappa shape index (κ1) is 10.0. The van der Waals surface area contributed by atoms with Gasteiger partial charge in [-0.1, -0.05) is 20.8 Å². The van der Waals surface area contributed by atoms with Crippen molar-refractivity contribution in [1.82, 2.24) is 4.90 Å². The van der Waals surface area contributed by atoms with E-state index >= 15 is 0 Å². The maximum absolute atomic E-state index is 9.09. The number of aliphatic hydroxyl groups excluding tert-OH is 1. The fourth-order valence-electron chi connectivity index (χ4n) is 1.83. The van der Waals surface area contributed by atoms with Gasteiger partial charge in [0.1, 0.15) is 0 Å². The third-order valence-corrected chi connectivity index (χ3v) is 2.59. The number of likely N-dealkylation sites (tertiary alicyclic amines) is 1. The summed E-state index contributed by atoms with van der Waals surface area (Å²) in [6.07, 6.45) is 1.32. The standard InChI is InChI=1S/C10H21NO/c1-9-4-5-11(6-9)7-10(2,3)8-12/h9,12H,4-8H2,1-3H3. The van der Waals surface area contributed by atoms with E-state index in [1.54, 1.807) is 0 Å². The minimum absolute atomic E-state index is 0.0735. The minimum Gasteiger partial charge on any atom is -0.396 e. The lowest BCUT2D eigenvalue weighted by Gasteiger charge is -2.28. The second-order valence-corrected chi connectivity index (χ2v) is 4.95. The lowest BCUT2D eigenvalue weighted by atomic mass is 9.94. The molecule has 1 aliphatic heterocycles. The predicted molar refractivity (Wildman–Crippen MR) is 51.1 cm³/mol. The molecule has 1 heterocycles. The van der Waals surface area contributed by atoms with Gasteiger partial charge >= 0.3 is 0 Å². The van der Waals surface area contributed by atoms with E-state index in [-0.39, 0.29) is 12.0 Å². The van der Waals surface area contributed by atoms with Gasteiger partial charge in [0.15, 0.2) is 0 Å². The van der Waals surface area contributed by atoms with Crippen LogP contribution in [0.4, 0.5) is 0 Å². The number of aliphatic hydroxyl groups is 1. The molecule has 0 spiro atoms. The van der Waals surface area contributed by atoms with Crippen molar-refractivity contribution in [2.45, 2.75) is 27.2 Å². The van der Waals surface area contributed by atoms with Crippen LogP contribution in [0.15, 0.2) is 0 Å². The van der Waals surface area contributed by atoms with Crippen molar-refractivity contribution in [2.24, 2.45) is 11.3 Å². The highest BCUT2D eigenvalue weighted by atomic mass is 16.3. The average molecular weight is 171 g/mol. The number of hydrogen-bond donors (Lipinski definition) is 1. The molecule has 2 nitrogen and oxygen atoms in total. The molecule has 0 radical (unpaired) electrons. The first-order valence-corrected chi connectivity index (χ1v) is 4.87. The molecule has 1 saturated heterocycles. The maximum atomic E-state index is 9.09. The number of nitrogens with zero attached hydrogens (tertiary/aromatic N) is 1. The molecule has 0 saturated carbocycles. The molecule has 0 aromatic carbocycles. The average Bonchev–Trinajstić information content (AvgIpc) is 2.35. The van der Waals surface area contributed by atoms with Crippen molar-refractivity contribution in [2.75, 3.05) is 26.2 Å². The SMILES string of the molecule is CC1CCN(CC(C)(C)CO)C1. The largest absolute Gasteiger partial charge is 0.396 e. The van der Waals surface area contributed by atoms with Crippen LogP contribution < -0.4 is 0 Å². The number of hydrogen-bond acceptors (Lipinski definition) is 2. The molecule has 0 aromatic heterocycles. The Morgan fingerprint density at radius 3 is 2.58 bits per heavy atom. The Labute approximate surface area is 75.6 Å². The van der Waals surface area contributed by atoms with E-state index in [1.165, 1.54) is 19.5 Å². The van der Waals surface area contributed by atoms with Crippen LogP contribution in [0, 0.1) is 11.3 Å². The highest BCUT2D eigenvalue weighted by molar-refractivity contribution is 4.78. The van der Waals surface area contributed by atoms with E-state index in [0.717, 1.165) is 12.5 Å². The summed E-state index contributed by atoms with van der Waals surface area (Å²) in [7, 11) is 0. The molecule has 0 amide bonds. The second kappa shape index (κ2) is 3.75. The third kappa shape index (κ3) is 2.76. The van der Waals surface area contributed by atoms with E-state index in [2.05, 4.69) is 25.7 Å². The predicted octanol–water partition coefficient (Wildman–Crippen LogP) is 1.35. The fraction of sp³-hybridized carbons (Fsp3) is 1.00. The Kier molecular flexibility index (Phi) is 3.13. The van der Waals surface area contributed by atoms with E-state index in [1.807, 2.05) is 0 Å². The van der Waals surface area contributed by atoms with Crippen molar-refractivity contribution in [3.63, 3.8) is 0 Å². The van der Waals surface area contributed by atoms with Gasteiger partial charge in [-0.15, -0.1) is 0 Å². The van der Waals surface area contributed by atoms with Gasteiger partial charge in [0.05, 0.1) is 0 Å². The topological polar surface area (TPSA) is 23.5 Å². The summed E-state index contributed by atoms with van der Waals surface area (Å²) in [6, 6.07) is 0. The molecule has 1 aliphatic rings. The van der Waals surface area contributed by atoms with Crippen LogP contribution in [0.2, 0.25) is 0 Å². The molecule has 0 aliphatic carbocycles. The molecule has 72 valence electrons. The fourth-order valence-corrected chi connectivity index (χ4v) is 1.83. The van der Waals surface area contributed by atoms with Gasteiger partial charge in [-0.2, -0.15) is 0 Å². The van der Waals surface area contributed by atoms with Crippen molar-refractivity contribution in [3.05, 3.63) is 0 Å². The van der Waals surface area contributed by atoms with Gasteiger partial charge in [0.2, 0.25) is 0 Å². The van der Waals surface area contributed by atoms with E-state index in [0.29, 0.717) is 0 Å². The van der Waals surface area contributed by atoms with E-state index in [9.17, 15) is 0 Å². The van der Waals surface area contributed by atoms with Crippen LogP contribution >= 0.6 is 0 Å². The zero-order chi connectivity index (χ0) is 9.19. The Morgan fingerprint density at radius 2 is 2.17 bits per heavy atom. The Hall–Kier alpha value is -0.0800. The molecule has 12 heavy (non-hydrogen) atoms. The smallest absolute Gasteiger partial charge is 0.0494 e. The quantitative estimate of drug-likeness (QED) is 0.693. The van der Waals surface area contributed by atoms with Crippen LogP contribution in [-0.2, 0) is 0 Å².